The smallest absolute Gasteiger partial charge is 0.339 e. The molecule has 1 aliphatic rings. The first-order chi connectivity index (χ1) is 13.6. The predicted molar refractivity (Wildman–Crippen MR) is 106 cm³/mol. The summed E-state index contributed by atoms with van der Waals surface area (Å²) in [6.07, 6.45) is 1.57. The zero-order chi connectivity index (χ0) is 19.7. The molecule has 1 aliphatic carbocycles. The van der Waals surface area contributed by atoms with Gasteiger partial charge in [-0.3, -0.25) is 9.78 Å². The average Bonchev–Trinajstić information content (AvgIpc) is 3.34. The molecule has 1 N–H and O–H groups in total. The lowest BCUT2D eigenvalue weighted by molar-refractivity contribution is -0.123. The number of nitrogens with zero attached hydrogens (tertiary/aromatic N) is 2. The van der Waals surface area contributed by atoms with Crippen LogP contribution in [-0.4, -0.2) is 23.0 Å². The molecule has 0 fully saturated rings. The standard InChI is InChI=1S/C21H17N3O3S/c1-12(19(25)24-20-13(11-22)9-10-28-20)27-21(26)18-14-5-2-3-7-16(14)23-17-8-4-6-15(17)18/h2-3,5,7,9-10,12H,4,6,8H2,1H3,(H,24,25). The number of benzene rings is 1. The van der Waals surface area contributed by atoms with Crippen molar-refractivity contribution in [2.24, 2.45) is 0 Å². The van der Waals surface area contributed by atoms with Crippen LogP contribution in [0, 0.1) is 11.3 Å². The van der Waals surface area contributed by atoms with Crippen molar-refractivity contribution in [3.63, 3.8) is 0 Å². The van der Waals surface area contributed by atoms with Crippen LogP contribution in [0.2, 0.25) is 0 Å². The Hall–Kier alpha value is -3.24. The van der Waals surface area contributed by atoms with Gasteiger partial charge in [-0.25, -0.2) is 4.79 Å². The topological polar surface area (TPSA) is 92.1 Å². The summed E-state index contributed by atoms with van der Waals surface area (Å²) in [4.78, 5) is 30.1. The molecule has 0 bridgehead atoms. The molecule has 1 amide bonds. The summed E-state index contributed by atoms with van der Waals surface area (Å²) < 4.78 is 5.50. The van der Waals surface area contributed by atoms with Gasteiger partial charge in [0, 0.05) is 11.1 Å². The van der Waals surface area contributed by atoms with Gasteiger partial charge in [0.25, 0.3) is 5.91 Å². The van der Waals surface area contributed by atoms with Crippen molar-refractivity contribution in [1.29, 1.82) is 5.26 Å². The number of aromatic nitrogens is 1. The van der Waals surface area contributed by atoms with E-state index in [-0.39, 0.29) is 0 Å². The molecular weight excluding hydrogens is 374 g/mol. The molecule has 1 unspecified atom stereocenters. The highest BCUT2D eigenvalue weighted by atomic mass is 32.1. The summed E-state index contributed by atoms with van der Waals surface area (Å²) in [6, 6.07) is 11.1. The Labute approximate surface area is 165 Å². The number of hydrogen-bond donors (Lipinski definition) is 1. The lowest BCUT2D eigenvalue weighted by Gasteiger charge is -2.16. The lowest BCUT2D eigenvalue weighted by atomic mass is 10.0. The summed E-state index contributed by atoms with van der Waals surface area (Å²) in [5.74, 6) is -0.992. The van der Waals surface area contributed by atoms with E-state index in [1.54, 1.807) is 11.4 Å². The summed E-state index contributed by atoms with van der Waals surface area (Å²) in [5, 5.41) is 14.6. The molecule has 0 saturated heterocycles. The number of nitriles is 1. The van der Waals surface area contributed by atoms with Gasteiger partial charge in [0.15, 0.2) is 6.10 Å². The Morgan fingerprint density at radius 3 is 2.93 bits per heavy atom. The average molecular weight is 391 g/mol. The number of amides is 1. The number of carbonyl (C=O) groups excluding carboxylic acids is 2. The van der Waals surface area contributed by atoms with Crippen LogP contribution in [0.25, 0.3) is 10.9 Å². The van der Waals surface area contributed by atoms with Gasteiger partial charge in [-0.2, -0.15) is 5.26 Å². The van der Waals surface area contributed by atoms with Gasteiger partial charge < -0.3 is 10.1 Å². The molecule has 7 heteroatoms. The number of hydrogen-bond acceptors (Lipinski definition) is 6. The number of para-hydroxylation sites is 1. The summed E-state index contributed by atoms with van der Waals surface area (Å²) in [6.45, 7) is 1.52. The van der Waals surface area contributed by atoms with E-state index in [1.165, 1.54) is 18.3 Å². The monoisotopic (exact) mass is 391 g/mol. The van der Waals surface area contributed by atoms with E-state index in [0.29, 0.717) is 16.1 Å². The number of fused-ring (bicyclic) bond motifs is 2. The van der Waals surface area contributed by atoms with E-state index in [1.807, 2.05) is 30.3 Å². The quantitative estimate of drug-likeness (QED) is 0.682. The number of ether oxygens (including phenoxy) is 1. The van der Waals surface area contributed by atoms with Crippen molar-refractivity contribution >= 4 is 39.1 Å². The highest BCUT2D eigenvalue weighted by molar-refractivity contribution is 7.14. The summed E-state index contributed by atoms with van der Waals surface area (Å²) >= 11 is 1.25. The number of carbonyl (C=O) groups is 2. The maximum atomic E-state index is 13.0. The second kappa shape index (κ2) is 7.41. The van der Waals surface area contributed by atoms with Crippen LogP contribution in [-0.2, 0) is 22.4 Å². The second-order valence-corrected chi connectivity index (χ2v) is 7.51. The van der Waals surface area contributed by atoms with Crippen LogP contribution in [0.3, 0.4) is 0 Å². The minimum atomic E-state index is -0.995. The fraction of sp³-hybridized carbons (Fsp3) is 0.238. The highest BCUT2D eigenvalue weighted by Crippen LogP contribution is 2.31. The molecule has 0 aliphatic heterocycles. The van der Waals surface area contributed by atoms with Crippen LogP contribution in [0.4, 0.5) is 5.00 Å². The zero-order valence-electron chi connectivity index (χ0n) is 15.2. The van der Waals surface area contributed by atoms with E-state index >= 15 is 0 Å². The molecular formula is C21H17N3O3S. The summed E-state index contributed by atoms with van der Waals surface area (Å²) in [5.41, 5.74) is 3.49. The molecule has 0 radical (unpaired) electrons. The number of esters is 1. The Balaban J connectivity index is 1.59. The molecule has 0 spiro atoms. The van der Waals surface area contributed by atoms with Crippen molar-refractivity contribution in [1.82, 2.24) is 4.98 Å². The largest absolute Gasteiger partial charge is 0.449 e. The van der Waals surface area contributed by atoms with Gasteiger partial charge in [-0.1, -0.05) is 18.2 Å². The van der Waals surface area contributed by atoms with Gasteiger partial charge in [0.05, 0.1) is 16.6 Å². The van der Waals surface area contributed by atoms with Gasteiger partial charge in [0.1, 0.15) is 11.1 Å². The minimum Gasteiger partial charge on any atom is -0.449 e. The molecule has 0 saturated carbocycles. The van der Waals surface area contributed by atoms with Gasteiger partial charge in [0.2, 0.25) is 0 Å². The Bertz CT molecular complexity index is 1130. The molecule has 28 heavy (non-hydrogen) atoms. The molecule has 2 aromatic heterocycles. The SMILES string of the molecule is CC(OC(=O)c1c2c(nc3ccccc13)CCC2)C(=O)Nc1sccc1C#N. The van der Waals surface area contributed by atoms with Crippen molar-refractivity contribution in [3.8, 4) is 6.07 Å². The number of aryl methyl sites for hydroxylation is 1. The number of anilines is 1. The Kier molecular flexibility index (Phi) is 4.80. The Morgan fingerprint density at radius 1 is 1.29 bits per heavy atom. The predicted octanol–water partition coefficient (Wildman–Crippen LogP) is 3.84. The number of pyridine rings is 1. The van der Waals surface area contributed by atoms with Gasteiger partial charge >= 0.3 is 5.97 Å². The van der Waals surface area contributed by atoms with Crippen LogP contribution >= 0.6 is 11.3 Å². The normalized spacial score (nSPS) is 13.6. The molecule has 1 atom stereocenters. The van der Waals surface area contributed by atoms with Crippen molar-refractivity contribution in [2.75, 3.05) is 5.32 Å². The number of thiophene rings is 1. The molecule has 1 aromatic carbocycles. The van der Waals surface area contributed by atoms with Crippen LogP contribution in [0.15, 0.2) is 35.7 Å². The first kappa shape index (κ1) is 18.1. The van der Waals surface area contributed by atoms with E-state index in [2.05, 4.69) is 10.3 Å². The first-order valence-corrected chi connectivity index (χ1v) is 9.86. The number of nitrogens with one attached hydrogen (secondary N) is 1. The Morgan fingerprint density at radius 2 is 2.11 bits per heavy atom. The summed E-state index contributed by atoms with van der Waals surface area (Å²) in [7, 11) is 0. The lowest BCUT2D eigenvalue weighted by Crippen LogP contribution is -2.30. The van der Waals surface area contributed by atoms with Gasteiger partial charge in [-0.15, -0.1) is 11.3 Å². The van der Waals surface area contributed by atoms with E-state index in [4.69, 9.17) is 10.00 Å². The third-order valence-electron chi connectivity index (χ3n) is 4.80. The highest BCUT2D eigenvalue weighted by Gasteiger charge is 2.27. The fourth-order valence-electron chi connectivity index (χ4n) is 3.42. The zero-order valence-corrected chi connectivity index (χ0v) is 16.0. The van der Waals surface area contributed by atoms with Crippen molar-refractivity contribution < 1.29 is 14.3 Å². The van der Waals surface area contributed by atoms with Crippen molar-refractivity contribution in [3.05, 3.63) is 58.1 Å². The van der Waals surface area contributed by atoms with E-state index < -0.39 is 18.0 Å². The molecule has 140 valence electrons. The fourth-order valence-corrected chi connectivity index (χ4v) is 4.17. The molecule has 4 rings (SSSR count). The molecule has 3 aromatic rings. The van der Waals surface area contributed by atoms with Gasteiger partial charge in [-0.05, 0) is 49.3 Å². The number of rotatable bonds is 4. The maximum Gasteiger partial charge on any atom is 0.339 e. The van der Waals surface area contributed by atoms with E-state index in [0.717, 1.165) is 41.4 Å². The third kappa shape index (κ3) is 3.23. The van der Waals surface area contributed by atoms with Crippen LogP contribution < -0.4 is 5.32 Å². The third-order valence-corrected chi connectivity index (χ3v) is 5.63. The molecule has 2 heterocycles. The maximum absolute atomic E-state index is 13.0. The second-order valence-electron chi connectivity index (χ2n) is 6.59. The van der Waals surface area contributed by atoms with Crippen LogP contribution in [0.1, 0.15) is 40.5 Å². The first-order valence-electron chi connectivity index (χ1n) is 8.98. The van der Waals surface area contributed by atoms with Crippen LogP contribution in [0.5, 0.6) is 0 Å². The minimum absolute atomic E-state index is 0.384. The molecule has 6 nitrogen and oxygen atoms in total. The van der Waals surface area contributed by atoms with E-state index in [9.17, 15) is 9.59 Å². The van der Waals surface area contributed by atoms with Crippen molar-refractivity contribution in [2.45, 2.75) is 32.3 Å².